The lowest BCUT2D eigenvalue weighted by atomic mass is 10.2. The highest BCUT2D eigenvalue weighted by molar-refractivity contribution is 5.83. The Labute approximate surface area is 118 Å². The van der Waals surface area contributed by atoms with Crippen molar-refractivity contribution in [3.8, 4) is 0 Å². The molecule has 0 saturated carbocycles. The molecule has 0 bridgehead atoms. The van der Waals surface area contributed by atoms with E-state index in [0.717, 1.165) is 17.9 Å². The van der Waals surface area contributed by atoms with Gasteiger partial charge in [0.25, 0.3) is 0 Å². The molecule has 2 N–H and O–H groups in total. The number of pyridine rings is 1. The zero-order chi connectivity index (χ0) is 13.9. The maximum absolute atomic E-state index is 4.19. The van der Waals surface area contributed by atoms with Crippen LogP contribution in [-0.4, -0.2) is 24.1 Å². The number of H-pyrrole nitrogens is 1. The molecular formula is C16H18N4. The molecule has 20 heavy (non-hydrogen) atoms. The van der Waals surface area contributed by atoms with Crippen LogP contribution in [-0.2, 0) is 6.54 Å². The number of para-hydroxylation sites is 1. The minimum atomic E-state index is 0.774. The summed E-state index contributed by atoms with van der Waals surface area (Å²) in [4.78, 5) is 9.57. The third kappa shape index (κ3) is 2.32. The third-order valence-electron chi connectivity index (χ3n) is 3.42. The second-order valence-electron chi connectivity index (χ2n) is 5.00. The molecule has 4 nitrogen and oxygen atoms in total. The largest absolute Gasteiger partial charge is 0.378 e. The molecule has 0 fully saturated rings. The van der Waals surface area contributed by atoms with Gasteiger partial charge in [0.1, 0.15) is 0 Å². The van der Waals surface area contributed by atoms with Crippen molar-refractivity contribution in [2.75, 3.05) is 24.3 Å². The third-order valence-corrected chi connectivity index (χ3v) is 3.42. The van der Waals surface area contributed by atoms with Crippen LogP contribution in [0.3, 0.4) is 0 Å². The Kier molecular flexibility index (Phi) is 3.29. The van der Waals surface area contributed by atoms with Gasteiger partial charge < -0.3 is 15.2 Å². The van der Waals surface area contributed by atoms with E-state index in [1.807, 2.05) is 38.6 Å². The number of anilines is 2. The van der Waals surface area contributed by atoms with E-state index in [4.69, 9.17) is 0 Å². The van der Waals surface area contributed by atoms with Crippen LogP contribution in [0.1, 0.15) is 5.56 Å². The fourth-order valence-electron chi connectivity index (χ4n) is 2.38. The van der Waals surface area contributed by atoms with Gasteiger partial charge in [0.05, 0.1) is 17.6 Å². The molecule has 3 aromatic rings. The van der Waals surface area contributed by atoms with Gasteiger partial charge in [0.15, 0.2) is 0 Å². The van der Waals surface area contributed by atoms with Gasteiger partial charge in [-0.05, 0) is 17.7 Å². The number of hydrogen-bond donors (Lipinski definition) is 2. The number of rotatable bonds is 4. The Morgan fingerprint density at radius 3 is 2.90 bits per heavy atom. The van der Waals surface area contributed by atoms with Crippen LogP contribution in [0.15, 0.2) is 48.9 Å². The number of nitrogens with one attached hydrogen (secondary N) is 2. The Morgan fingerprint density at radius 1 is 1.20 bits per heavy atom. The van der Waals surface area contributed by atoms with Gasteiger partial charge in [-0.25, -0.2) is 0 Å². The van der Waals surface area contributed by atoms with E-state index in [0.29, 0.717) is 0 Å². The van der Waals surface area contributed by atoms with Crippen LogP contribution < -0.4 is 10.2 Å². The highest BCUT2D eigenvalue weighted by atomic mass is 15.1. The number of nitrogens with zero attached hydrogens (tertiary/aromatic N) is 2. The average molecular weight is 266 g/mol. The highest BCUT2D eigenvalue weighted by Crippen LogP contribution is 2.24. The van der Waals surface area contributed by atoms with Crippen molar-refractivity contribution in [2.45, 2.75) is 6.54 Å². The summed E-state index contributed by atoms with van der Waals surface area (Å²) in [6.45, 7) is 0.774. The number of aromatic nitrogens is 2. The second-order valence-corrected chi connectivity index (χ2v) is 5.00. The molecule has 0 saturated heterocycles. The lowest BCUT2D eigenvalue weighted by Crippen LogP contribution is -2.12. The van der Waals surface area contributed by atoms with E-state index >= 15 is 0 Å². The number of benzene rings is 1. The molecule has 0 amide bonds. The Hall–Kier alpha value is -2.49. The first-order valence-corrected chi connectivity index (χ1v) is 6.66. The summed E-state index contributed by atoms with van der Waals surface area (Å²) in [6.07, 6.45) is 5.74. The Bertz CT molecular complexity index is 715. The molecule has 1 aromatic carbocycles. The van der Waals surface area contributed by atoms with Crippen LogP contribution in [0.5, 0.6) is 0 Å². The zero-order valence-corrected chi connectivity index (χ0v) is 11.7. The van der Waals surface area contributed by atoms with Crippen LogP contribution in [0.4, 0.5) is 11.4 Å². The lowest BCUT2D eigenvalue weighted by Gasteiger charge is -2.17. The number of hydrogen-bond acceptors (Lipinski definition) is 3. The minimum absolute atomic E-state index is 0.774. The normalized spacial score (nSPS) is 10.7. The molecule has 0 unspecified atom stereocenters. The summed E-state index contributed by atoms with van der Waals surface area (Å²) in [5, 5.41) is 4.72. The summed E-state index contributed by atoms with van der Waals surface area (Å²) in [6, 6.07) is 10.3. The topological polar surface area (TPSA) is 44.0 Å². The van der Waals surface area contributed by atoms with E-state index in [1.165, 1.54) is 16.5 Å². The van der Waals surface area contributed by atoms with Crippen molar-refractivity contribution in [1.29, 1.82) is 0 Å². The molecular weight excluding hydrogens is 248 g/mol. The highest BCUT2D eigenvalue weighted by Gasteiger charge is 2.06. The maximum Gasteiger partial charge on any atom is 0.0766 e. The molecule has 0 aliphatic carbocycles. The van der Waals surface area contributed by atoms with E-state index in [-0.39, 0.29) is 0 Å². The quantitative estimate of drug-likeness (QED) is 0.762. The van der Waals surface area contributed by atoms with E-state index in [1.54, 1.807) is 0 Å². The SMILES string of the molecule is CN(C)c1ccncc1NCc1c[nH]c2ccccc12. The van der Waals surface area contributed by atoms with Crippen molar-refractivity contribution in [2.24, 2.45) is 0 Å². The van der Waals surface area contributed by atoms with Crippen LogP contribution >= 0.6 is 0 Å². The summed E-state index contributed by atoms with van der Waals surface area (Å²) >= 11 is 0. The van der Waals surface area contributed by atoms with Crippen LogP contribution in [0, 0.1) is 0 Å². The molecule has 3 rings (SSSR count). The van der Waals surface area contributed by atoms with Gasteiger partial charge in [0.2, 0.25) is 0 Å². The van der Waals surface area contributed by atoms with E-state index < -0.39 is 0 Å². The second kappa shape index (κ2) is 5.25. The van der Waals surface area contributed by atoms with Gasteiger partial charge in [-0.2, -0.15) is 0 Å². The molecule has 4 heteroatoms. The zero-order valence-electron chi connectivity index (χ0n) is 11.7. The van der Waals surface area contributed by atoms with E-state index in [2.05, 4.69) is 44.6 Å². The summed E-state index contributed by atoms with van der Waals surface area (Å²) < 4.78 is 0. The predicted octanol–water partition coefficient (Wildman–Crippen LogP) is 3.24. The van der Waals surface area contributed by atoms with Gasteiger partial charge in [0, 0.05) is 43.9 Å². The van der Waals surface area contributed by atoms with Gasteiger partial charge in [-0.15, -0.1) is 0 Å². The van der Waals surface area contributed by atoms with Crippen molar-refractivity contribution >= 4 is 22.3 Å². The minimum Gasteiger partial charge on any atom is -0.378 e. The molecule has 0 atom stereocenters. The fraction of sp³-hybridized carbons (Fsp3) is 0.188. The molecule has 0 radical (unpaired) electrons. The van der Waals surface area contributed by atoms with Crippen LogP contribution in [0.2, 0.25) is 0 Å². The van der Waals surface area contributed by atoms with Crippen molar-refractivity contribution in [3.05, 3.63) is 54.5 Å². The van der Waals surface area contributed by atoms with Gasteiger partial charge in [-0.3, -0.25) is 4.98 Å². The average Bonchev–Trinajstić information content (AvgIpc) is 2.88. The Morgan fingerprint density at radius 2 is 2.05 bits per heavy atom. The molecule has 0 aliphatic rings. The van der Waals surface area contributed by atoms with E-state index in [9.17, 15) is 0 Å². The molecule has 2 heterocycles. The van der Waals surface area contributed by atoms with Crippen molar-refractivity contribution < 1.29 is 0 Å². The monoisotopic (exact) mass is 266 g/mol. The van der Waals surface area contributed by atoms with Crippen LogP contribution in [0.25, 0.3) is 10.9 Å². The maximum atomic E-state index is 4.19. The predicted molar refractivity (Wildman–Crippen MR) is 84.2 cm³/mol. The molecule has 0 aliphatic heterocycles. The lowest BCUT2D eigenvalue weighted by molar-refractivity contribution is 1.09. The first-order valence-electron chi connectivity index (χ1n) is 6.66. The number of aromatic amines is 1. The number of fused-ring (bicyclic) bond motifs is 1. The molecule has 2 aromatic heterocycles. The standard InChI is InChI=1S/C16H18N4/c1-20(2)16-7-8-17-11-15(16)19-10-12-9-18-14-6-4-3-5-13(12)14/h3-9,11,18-19H,10H2,1-2H3. The van der Waals surface area contributed by atoms with Gasteiger partial charge >= 0.3 is 0 Å². The smallest absolute Gasteiger partial charge is 0.0766 e. The fourth-order valence-corrected chi connectivity index (χ4v) is 2.38. The first kappa shape index (κ1) is 12.5. The first-order chi connectivity index (χ1) is 9.75. The van der Waals surface area contributed by atoms with Crippen molar-refractivity contribution in [3.63, 3.8) is 0 Å². The molecule has 0 spiro atoms. The summed E-state index contributed by atoms with van der Waals surface area (Å²) in [7, 11) is 4.07. The Balaban J connectivity index is 1.83. The van der Waals surface area contributed by atoms with Crippen molar-refractivity contribution in [1.82, 2.24) is 9.97 Å². The molecule has 102 valence electrons. The van der Waals surface area contributed by atoms with Gasteiger partial charge in [-0.1, -0.05) is 18.2 Å². The summed E-state index contributed by atoms with van der Waals surface area (Å²) in [5.74, 6) is 0. The summed E-state index contributed by atoms with van der Waals surface area (Å²) in [5.41, 5.74) is 4.61.